The lowest BCUT2D eigenvalue weighted by atomic mass is 9.91. The number of nitrogens with zero attached hydrogens (tertiary/aromatic N) is 7. The molecule has 4 aromatic rings. The van der Waals surface area contributed by atoms with Crippen LogP contribution in [0, 0.1) is 25.2 Å². The zero-order chi connectivity index (χ0) is 39.1. The van der Waals surface area contributed by atoms with Crippen molar-refractivity contribution >= 4 is 62.0 Å². The maximum Gasteiger partial charge on any atom is 0.435 e. The number of ether oxygens (including phenoxy) is 2. The number of carbonyl (C=O) groups is 3. The van der Waals surface area contributed by atoms with Gasteiger partial charge in [-0.2, -0.15) is 9.94 Å². The number of aryl methyl sites for hydroxylation is 1. The van der Waals surface area contributed by atoms with Crippen molar-refractivity contribution in [2.75, 3.05) is 39.7 Å². The van der Waals surface area contributed by atoms with Gasteiger partial charge >= 0.3 is 12.2 Å². The van der Waals surface area contributed by atoms with Gasteiger partial charge in [0.15, 0.2) is 15.7 Å². The number of anilines is 4. The van der Waals surface area contributed by atoms with Crippen molar-refractivity contribution in [1.82, 2.24) is 19.7 Å². The molecular formula is C38H42N8O7S. The molecule has 4 heterocycles. The van der Waals surface area contributed by atoms with E-state index in [2.05, 4.69) is 20.4 Å². The van der Waals surface area contributed by atoms with E-state index < -0.39 is 38.6 Å². The molecule has 54 heavy (non-hydrogen) atoms. The highest BCUT2D eigenvalue weighted by Crippen LogP contribution is 2.66. The lowest BCUT2D eigenvalue weighted by molar-refractivity contribution is -0.120. The number of imide groups is 1. The smallest absolute Gasteiger partial charge is 0.435 e. The molecule has 3 aliphatic rings. The van der Waals surface area contributed by atoms with Crippen molar-refractivity contribution in [2.45, 2.75) is 84.3 Å². The van der Waals surface area contributed by atoms with Crippen molar-refractivity contribution in [3.05, 3.63) is 64.5 Å². The summed E-state index contributed by atoms with van der Waals surface area (Å²) in [5.74, 6) is 0.0589. The van der Waals surface area contributed by atoms with Crippen LogP contribution in [0.1, 0.15) is 82.0 Å². The third-order valence-corrected chi connectivity index (χ3v) is 11.4. The van der Waals surface area contributed by atoms with Crippen molar-refractivity contribution < 1.29 is 32.3 Å². The first-order valence-corrected chi connectivity index (χ1v) is 19.5. The number of fused-ring (bicyclic) bond motifs is 3. The number of rotatable bonds is 4. The van der Waals surface area contributed by atoms with Crippen molar-refractivity contribution in [2.24, 2.45) is 0 Å². The minimum atomic E-state index is -3.16. The molecular weight excluding hydrogens is 713 g/mol. The molecule has 7 rings (SSSR count). The summed E-state index contributed by atoms with van der Waals surface area (Å²) in [5, 5.41) is 18.2. The summed E-state index contributed by atoms with van der Waals surface area (Å²) in [6.45, 7) is 14.6. The Kier molecular flexibility index (Phi) is 8.52. The highest BCUT2D eigenvalue weighted by atomic mass is 32.2. The van der Waals surface area contributed by atoms with E-state index in [1.165, 1.54) is 0 Å². The molecule has 2 atom stereocenters. The van der Waals surface area contributed by atoms with Gasteiger partial charge in [0.1, 0.15) is 28.9 Å². The van der Waals surface area contributed by atoms with E-state index >= 15 is 0 Å². The molecule has 0 unspecified atom stereocenters. The lowest BCUT2D eigenvalue weighted by Crippen LogP contribution is -2.41. The van der Waals surface area contributed by atoms with E-state index in [-0.39, 0.29) is 53.9 Å². The molecule has 1 spiro atoms. The summed E-state index contributed by atoms with van der Waals surface area (Å²) in [6.07, 6.45) is -1.02. The molecule has 15 nitrogen and oxygen atoms in total. The van der Waals surface area contributed by atoms with Crippen molar-refractivity contribution in [3.63, 3.8) is 0 Å². The third-order valence-electron chi connectivity index (χ3n) is 9.77. The number of nitrogens with one attached hydrogen (secondary N) is 1. The summed E-state index contributed by atoms with van der Waals surface area (Å²) < 4.78 is 36.8. The summed E-state index contributed by atoms with van der Waals surface area (Å²) >= 11 is 0. The van der Waals surface area contributed by atoms with E-state index in [9.17, 15) is 28.1 Å². The van der Waals surface area contributed by atoms with E-state index in [4.69, 9.17) is 9.47 Å². The topological polar surface area (TPSA) is 190 Å². The average molecular weight is 755 g/mol. The number of aromatic nitrogens is 4. The first-order chi connectivity index (χ1) is 25.2. The van der Waals surface area contributed by atoms with Gasteiger partial charge in [0.05, 0.1) is 28.1 Å². The molecule has 1 N–H and O–H groups in total. The maximum atomic E-state index is 14.3. The summed E-state index contributed by atoms with van der Waals surface area (Å²) in [4.78, 5) is 53.1. The molecule has 0 radical (unpaired) electrons. The van der Waals surface area contributed by atoms with Gasteiger partial charge in [0.2, 0.25) is 11.7 Å². The van der Waals surface area contributed by atoms with Gasteiger partial charge < -0.3 is 19.7 Å². The van der Waals surface area contributed by atoms with Crippen LogP contribution in [0.15, 0.2) is 36.4 Å². The van der Waals surface area contributed by atoms with Crippen LogP contribution < -0.4 is 15.1 Å². The minimum Gasteiger partial charge on any atom is -0.443 e. The molecule has 0 bridgehead atoms. The lowest BCUT2D eigenvalue weighted by Gasteiger charge is -2.29. The Labute approximate surface area is 313 Å². The largest absolute Gasteiger partial charge is 0.443 e. The molecule has 1 aliphatic carbocycles. The van der Waals surface area contributed by atoms with Gasteiger partial charge in [0.25, 0.3) is 0 Å². The SMILES string of the molecule is Cc1ccc2c(c1)[C@]1(C[C@H]1c1ccc3c(Nc4nc(C#N)nc(N5CCS(=O)(=O)CC5)c4C)nn(C(=O)OC(C)(C)C)c3c1)C(=O)N2C(=O)OC(C)(C)C. The fraction of sp³-hybridized carbons (Fsp3) is 0.447. The van der Waals surface area contributed by atoms with Crippen LogP contribution in [0.2, 0.25) is 0 Å². The summed E-state index contributed by atoms with van der Waals surface area (Å²) in [5.41, 5.74) is 1.27. The van der Waals surface area contributed by atoms with Crippen LogP contribution in [0.5, 0.6) is 0 Å². The quantitative estimate of drug-likeness (QED) is 0.264. The van der Waals surface area contributed by atoms with E-state index in [0.717, 1.165) is 26.3 Å². The Bertz CT molecular complexity index is 2410. The minimum absolute atomic E-state index is 0.0353. The van der Waals surface area contributed by atoms with Gasteiger partial charge in [-0.15, -0.1) is 5.10 Å². The summed E-state index contributed by atoms with van der Waals surface area (Å²) in [7, 11) is -3.16. The predicted octanol–water partition coefficient (Wildman–Crippen LogP) is 5.78. The molecule has 16 heteroatoms. The number of hydrogen-bond acceptors (Lipinski definition) is 13. The first-order valence-electron chi connectivity index (χ1n) is 17.7. The zero-order valence-corrected chi connectivity index (χ0v) is 32.3. The monoisotopic (exact) mass is 754 g/mol. The normalized spacial score (nSPS) is 20.5. The fourth-order valence-electron chi connectivity index (χ4n) is 7.22. The van der Waals surface area contributed by atoms with E-state index in [0.29, 0.717) is 34.4 Å². The highest BCUT2D eigenvalue weighted by Gasteiger charge is 2.68. The van der Waals surface area contributed by atoms with Crippen LogP contribution >= 0.6 is 0 Å². The van der Waals surface area contributed by atoms with Gasteiger partial charge in [-0.05, 0) is 91.1 Å². The van der Waals surface area contributed by atoms with Crippen molar-refractivity contribution in [3.8, 4) is 6.07 Å². The summed E-state index contributed by atoms with van der Waals surface area (Å²) in [6, 6.07) is 13.0. The number of hydrogen-bond donors (Lipinski definition) is 1. The van der Waals surface area contributed by atoms with Gasteiger partial charge in [-0.1, -0.05) is 23.8 Å². The van der Waals surface area contributed by atoms with Crippen LogP contribution in [-0.4, -0.2) is 82.1 Å². The van der Waals surface area contributed by atoms with Gasteiger partial charge in [-0.25, -0.2) is 32.9 Å². The second-order valence-electron chi connectivity index (χ2n) is 16.1. The van der Waals surface area contributed by atoms with Gasteiger partial charge in [0, 0.05) is 30.0 Å². The molecule has 2 amide bonds. The third kappa shape index (κ3) is 6.50. The Hall–Kier alpha value is -5.56. The number of amides is 2. The highest BCUT2D eigenvalue weighted by molar-refractivity contribution is 7.91. The van der Waals surface area contributed by atoms with Crippen molar-refractivity contribution in [1.29, 1.82) is 5.26 Å². The number of benzene rings is 2. The van der Waals surface area contributed by atoms with Crippen LogP contribution in [-0.2, 0) is 29.5 Å². The number of carbonyl (C=O) groups excluding carboxylic acids is 3. The first kappa shape index (κ1) is 36.8. The Morgan fingerprint density at radius 3 is 2.26 bits per heavy atom. The Balaban J connectivity index is 1.29. The zero-order valence-electron chi connectivity index (χ0n) is 31.5. The molecule has 1 saturated heterocycles. The fourth-order valence-corrected chi connectivity index (χ4v) is 8.42. The maximum absolute atomic E-state index is 14.3. The molecule has 2 fully saturated rings. The van der Waals surface area contributed by atoms with Gasteiger partial charge in [-0.3, -0.25) is 4.79 Å². The van der Waals surface area contributed by atoms with Crippen LogP contribution in [0.25, 0.3) is 10.9 Å². The molecule has 2 aromatic carbocycles. The van der Waals surface area contributed by atoms with Crippen LogP contribution in [0.3, 0.4) is 0 Å². The van der Waals surface area contributed by atoms with E-state index in [1.54, 1.807) is 60.6 Å². The predicted molar refractivity (Wildman–Crippen MR) is 201 cm³/mol. The molecule has 282 valence electrons. The molecule has 2 aromatic heterocycles. The number of sulfone groups is 1. The molecule has 1 saturated carbocycles. The van der Waals surface area contributed by atoms with Crippen LogP contribution in [0.4, 0.5) is 32.7 Å². The standard InChI is InChI=1S/C38H42N8O7S/c1-21-9-12-27-25(17-21)38(33(47)45(27)34(48)52-36(3,4)5)19-26(38)23-10-11-24-28(18-23)46(35(49)53-37(6,7)8)43-31(24)42-30-22(2)32(41-29(20-39)40-30)44-13-15-54(50,51)16-14-44/h9-12,17-18,26H,13-16,19H2,1-8H3,(H,40,41,42,43)/t26-,38-/m0/s1. The Morgan fingerprint density at radius 2 is 1.61 bits per heavy atom. The average Bonchev–Trinajstić information content (AvgIpc) is 3.66. The Morgan fingerprint density at radius 1 is 0.944 bits per heavy atom. The second-order valence-corrected chi connectivity index (χ2v) is 18.4. The number of nitriles is 1. The van der Waals surface area contributed by atoms with E-state index in [1.807, 2.05) is 42.2 Å². The second kappa shape index (κ2) is 12.5. The molecule has 2 aliphatic heterocycles.